The van der Waals surface area contributed by atoms with E-state index in [4.69, 9.17) is 19.6 Å². The molecule has 37 heavy (non-hydrogen) atoms. The maximum Gasteiger partial charge on any atom is 0.283 e. The third kappa shape index (κ3) is 6.05. The molecule has 2 heterocycles. The Morgan fingerprint density at radius 3 is 2.46 bits per heavy atom. The summed E-state index contributed by atoms with van der Waals surface area (Å²) in [5, 5.41) is 15.6. The quantitative estimate of drug-likeness (QED) is 0.308. The summed E-state index contributed by atoms with van der Waals surface area (Å²) in [5.41, 5.74) is 2.16. The summed E-state index contributed by atoms with van der Waals surface area (Å²) >= 11 is 1.33. The number of methoxy groups -OCH3 is 1. The minimum Gasteiger partial charge on any atom is -0.493 e. The van der Waals surface area contributed by atoms with Gasteiger partial charge < -0.3 is 14.2 Å². The molecule has 0 aliphatic carbocycles. The number of fused-ring (bicyclic) bond motifs is 1. The van der Waals surface area contributed by atoms with Gasteiger partial charge in [0.05, 0.1) is 12.7 Å². The normalized spacial score (nSPS) is 17.0. The van der Waals surface area contributed by atoms with Crippen LogP contribution < -0.4 is 14.2 Å². The van der Waals surface area contributed by atoms with E-state index in [1.165, 1.54) is 22.3 Å². The number of aliphatic imine (C=N–C) groups is 1. The zero-order valence-electron chi connectivity index (χ0n) is 21.8. The number of nitrogens with one attached hydrogen (secondary N) is 1. The van der Waals surface area contributed by atoms with E-state index in [2.05, 4.69) is 36.1 Å². The number of amides is 1. The number of benzene rings is 2. The molecule has 0 fully saturated rings. The first kappa shape index (κ1) is 26.5. The second-order valence-corrected chi connectivity index (χ2v) is 10.1. The molecule has 1 amide bonds. The summed E-state index contributed by atoms with van der Waals surface area (Å²) in [6, 6.07) is 13.5. The van der Waals surface area contributed by atoms with E-state index in [1.807, 2.05) is 26.0 Å². The fourth-order valence-electron chi connectivity index (χ4n) is 3.74. The number of thioether (sulfide) groups is 1. The van der Waals surface area contributed by atoms with Crippen LogP contribution in [0.25, 0.3) is 6.08 Å². The van der Waals surface area contributed by atoms with Crippen LogP contribution in [0.1, 0.15) is 51.2 Å². The number of hydrogen-bond donors (Lipinski definition) is 1. The molecule has 2 aromatic rings. The van der Waals surface area contributed by atoms with Crippen LogP contribution in [-0.4, -0.2) is 47.3 Å². The molecular weight excluding hydrogens is 488 g/mol. The van der Waals surface area contributed by atoms with Crippen LogP contribution >= 0.6 is 11.8 Å². The summed E-state index contributed by atoms with van der Waals surface area (Å²) in [7, 11) is 1.56. The maximum atomic E-state index is 12.7. The predicted molar refractivity (Wildman–Crippen MR) is 149 cm³/mol. The minimum atomic E-state index is -0.461. The second kappa shape index (κ2) is 11.6. The van der Waals surface area contributed by atoms with Gasteiger partial charge in [0.15, 0.2) is 17.3 Å². The Morgan fingerprint density at radius 1 is 1.05 bits per heavy atom. The molecule has 8 nitrogen and oxygen atoms in total. The van der Waals surface area contributed by atoms with Gasteiger partial charge in [0.1, 0.15) is 24.0 Å². The van der Waals surface area contributed by atoms with Crippen LogP contribution in [0.4, 0.5) is 0 Å². The van der Waals surface area contributed by atoms with Crippen molar-refractivity contribution in [2.24, 2.45) is 16.0 Å². The van der Waals surface area contributed by atoms with Gasteiger partial charge in [-0.1, -0.05) is 45.9 Å². The van der Waals surface area contributed by atoms with Crippen LogP contribution in [0, 0.1) is 11.3 Å². The molecule has 0 bridgehead atoms. The largest absolute Gasteiger partial charge is 0.493 e. The second-order valence-electron chi connectivity index (χ2n) is 9.10. The molecule has 0 saturated heterocycles. The Morgan fingerprint density at radius 2 is 1.78 bits per heavy atom. The lowest BCUT2D eigenvalue weighted by molar-refractivity contribution is -0.114. The van der Waals surface area contributed by atoms with Gasteiger partial charge in [-0.3, -0.25) is 10.2 Å². The van der Waals surface area contributed by atoms with Gasteiger partial charge in [0.25, 0.3) is 5.91 Å². The molecule has 194 valence electrons. The van der Waals surface area contributed by atoms with Gasteiger partial charge in [-0.05, 0) is 65.6 Å². The van der Waals surface area contributed by atoms with E-state index in [1.54, 1.807) is 31.4 Å². The lowest BCUT2D eigenvalue weighted by atomic mass is 9.99. The zero-order chi connectivity index (χ0) is 26.5. The van der Waals surface area contributed by atoms with Crippen LogP contribution in [0.2, 0.25) is 0 Å². The molecule has 1 N–H and O–H groups in total. The molecule has 2 aliphatic heterocycles. The topological polar surface area (TPSA) is 96.6 Å². The Hall–Kier alpha value is -3.59. The number of nitrogens with zero attached hydrogens (tertiary/aromatic N) is 3. The summed E-state index contributed by atoms with van der Waals surface area (Å²) in [4.78, 5) is 16.8. The Bertz CT molecular complexity index is 1270. The average molecular weight is 521 g/mol. The van der Waals surface area contributed by atoms with Crippen LogP contribution in [0.3, 0.4) is 0 Å². The number of hydrazone groups is 1. The first-order valence-electron chi connectivity index (χ1n) is 12.3. The van der Waals surface area contributed by atoms with E-state index in [0.717, 1.165) is 17.2 Å². The Labute approximate surface area is 221 Å². The molecule has 0 radical (unpaired) electrons. The third-order valence-corrected chi connectivity index (χ3v) is 7.34. The summed E-state index contributed by atoms with van der Waals surface area (Å²) < 4.78 is 17.2. The van der Waals surface area contributed by atoms with Crippen LogP contribution in [-0.2, 0) is 4.79 Å². The van der Waals surface area contributed by atoms with Gasteiger partial charge in [-0.15, -0.1) is 0 Å². The molecule has 2 aromatic carbocycles. The van der Waals surface area contributed by atoms with E-state index < -0.39 is 5.91 Å². The number of rotatable bonds is 10. The average Bonchev–Trinajstić information content (AvgIpc) is 3.34. The molecule has 9 heteroatoms. The van der Waals surface area contributed by atoms with Crippen molar-refractivity contribution in [1.29, 1.82) is 5.41 Å². The lowest BCUT2D eigenvalue weighted by Crippen LogP contribution is -2.35. The first-order valence-corrected chi connectivity index (χ1v) is 13.2. The Balaban J connectivity index is 1.39. The predicted octanol–water partition coefficient (Wildman–Crippen LogP) is 5.94. The van der Waals surface area contributed by atoms with Gasteiger partial charge in [-0.25, -0.2) is 0 Å². The first-order chi connectivity index (χ1) is 17.8. The van der Waals surface area contributed by atoms with Gasteiger partial charge in [0, 0.05) is 5.92 Å². The van der Waals surface area contributed by atoms with Crippen molar-refractivity contribution in [2.45, 2.75) is 40.0 Å². The summed E-state index contributed by atoms with van der Waals surface area (Å²) in [6.07, 6.45) is 2.72. The Kier molecular flexibility index (Phi) is 8.33. The number of hydrogen-bond acceptors (Lipinski definition) is 7. The maximum absolute atomic E-state index is 12.7. The molecule has 1 atom stereocenters. The zero-order valence-corrected chi connectivity index (χ0v) is 22.6. The van der Waals surface area contributed by atoms with E-state index in [9.17, 15) is 4.79 Å². The smallest absolute Gasteiger partial charge is 0.283 e. The highest BCUT2D eigenvalue weighted by Gasteiger charge is 2.36. The highest BCUT2D eigenvalue weighted by molar-refractivity contribution is 8.27. The standard InChI is InChI=1S/C28H32N4O4S/c1-6-18(4)20-8-10-21(11-9-20)35-13-14-36-23-12-7-19(16-24(23)34-5)15-22-25(29)32-28(30-26(22)33)37-27(31-32)17(2)3/h7-12,15-18,29H,6,13-14H2,1-5H3/b22-15-,29-25?/t18-/m1/s1. The fraction of sp³-hybridized carbons (Fsp3) is 0.357. The number of carbonyl (C=O) groups is 1. The van der Waals surface area contributed by atoms with Crippen molar-refractivity contribution in [2.75, 3.05) is 20.3 Å². The van der Waals surface area contributed by atoms with Crippen molar-refractivity contribution in [3.05, 3.63) is 59.2 Å². The van der Waals surface area contributed by atoms with Gasteiger partial charge >= 0.3 is 0 Å². The highest BCUT2D eigenvalue weighted by atomic mass is 32.2. The fourth-order valence-corrected chi connectivity index (χ4v) is 4.63. The van der Waals surface area contributed by atoms with Crippen molar-refractivity contribution in [3.63, 3.8) is 0 Å². The number of ether oxygens (including phenoxy) is 3. The number of amidine groups is 2. The molecule has 0 aromatic heterocycles. The van der Waals surface area contributed by atoms with Gasteiger partial charge in [0.2, 0.25) is 5.17 Å². The molecule has 0 unspecified atom stereocenters. The summed E-state index contributed by atoms with van der Waals surface area (Å²) in [6.45, 7) is 9.14. The SMILES string of the molecule is CC[C@@H](C)c1ccc(OCCOc2ccc(/C=C3/C(=N)N4N=C(C(C)C)SC4=NC3=O)cc2OC)cc1. The molecule has 0 saturated carbocycles. The minimum absolute atomic E-state index is 0.00627. The molecule has 2 aliphatic rings. The molecule has 0 spiro atoms. The van der Waals surface area contributed by atoms with Crippen molar-refractivity contribution in [1.82, 2.24) is 5.01 Å². The number of carbonyl (C=O) groups excluding carboxylic acids is 1. The third-order valence-electron chi connectivity index (χ3n) is 6.13. The van der Waals surface area contributed by atoms with Gasteiger partial charge in [-0.2, -0.15) is 15.1 Å². The molecular formula is C28H32N4O4S. The van der Waals surface area contributed by atoms with E-state index >= 15 is 0 Å². The molecule has 4 rings (SSSR count). The van der Waals surface area contributed by atoms with Crippen LogP contribution in [0.5, 0.6) is 17.2 Å². The summed E-state index contributed by atoms with van der Waals surface area (Å²) in [5.74, 6) is 2.14. The lowest BCUT2D eigenvalue weighted by Gasteiger charge is -2.20. The van der Waals surface area contributed by atoms with E-state index in [0.29, 0.717) is 41.4 Å². The van der Waals surface area contributed by atoms with E-state index in [-0.39, 0.29) is 17.3 Å². The van der Waals surface area contributed by atoms with Crippen molar-refractivity contribution in [3.8, 4) is 17.2 Å². The van der Waals surface area contributed by atoms with Crippen molar-refractivity contribution >= 4 is 39.8 Å². The highest BCUT2D eigenvalue weighted by Crippen LogP contribution is 2.33. The monoisotopic (exact) mass is 520 g/mol. The van der Waals surface area contributed by atoms with Crippen molar-refractivity contribution < 1.29 is 19.0 Å². The van der Waals surface area contributed by atoms with Crippen LogP contribution in [0.15, 0.2) is 58.1 Å².